The van der Waals surface area contributed by atoms with Gasteiger partial charge >= 0.3 is 0 Å². The van der Waals surface area contributed by atoms with Crippen molar-refractivity contribution in [2.45, 2.75) is 90.9 Å². The summed E-state index contributed by atoms with van der Waals surface area (Å²) in [6.45, 7) is 6.02. The predicted molar refractivity (Wildman–Crippen MR) is 155 cm³/mol. The summed E-state index contributed by atoms with van der Waals surface area (Å²) in [6, 6.07) is 12.9. The van der Waals surface area contributed by atoms with E-state index in [0.29, 0.717) is 0 Å². The number of unbranched alkanes of at least 4 members (excludes halogenated alkanes) is 10. The smallest absolute Gasteiger partial charge is 0.135 e. The van der Waals surface area contributed by atoms with Gasteiger partial charge in [0.1, 0.15) is 11.5 Å². The molecule has 0 aliphatic carbocycles. The van der Waals surface area contributed by atoms with Crippen molar-refractivity contribution in [2.24, 2.45) is 0 Å². The second kappa shape index (κ2) is 15.0. The molecule has 0 saturated carbocycles. The molecule has 0 unspecified atom stereocenters. The highest BCUT2D eigenvalue weighted by atomic mass is 79.9. The molecule has 0 N–H and O–H groups in total. The van der Waals surface area contributed by atoms with Crippen LogP contribution in [0.15, 0.2) is 45.3 Å². The summed E-state index contributed by atoms with van der Waals surface area (Å²) in [5.74, 6) is 1.94. The molecule has 0 fully saturated rings. The van der Waals surface area contributed by atoms with Crippen LogP contribution in [0.3, 0.4) is 0 Å². The Hall–Kier alpha value is -1.26. The highest BCUT2D eigenvalue weighted by Gasteiger charge is 2.17. The first-order chi connectivity index (χ1) is 16.7. The van der Waals surface area contributed by atoms with Crippen molar-refractivity contribution in [1.29, 1.82) is 0 Å². The predicted octanol–water partition coefficient (Wildman–Crippen LogP) is 11.0. The van der Waals surface area contributed by atoms with E-state index >= 15 is 0 Å². The van der Waals surface area contributed by atoms with Gasteiger partial charge in [-0.05, 0) is 49.2 Å². The lowest BCUT2D eigenvalue weighted by Crippen LogP contribution is -2.02. The van der Waals surface area contributed by atoms with Crippen molar-refractivity contribution in [3.05, 3.63) is 45.3 Å². The Balaban J connectivity index is 1.82. The summed E-state index contributed by atoms with van der Waals surface area (Å²) >= 11 is 7.35. The van der Waals surface area contributed by atoms with Crippen molar-refractivity contribution in [1.82, 2.24) is 0 Å². The van der Waals surface area contributed by atoms with Gasteiger partial charge in [0, 0.05) is 30.5 Å². The molecule has 186 valence electrons. The summed E-state index contributed by atoms with van der Waals surface area (Å²) in [4.78, 5) is 0. The monoisotopic (exact) mass is 590 g/mol. The molecule has 0 heterocycles. The Morgan fingerprint density at radius 2 is 0.882 bits per heavy atom. The van der Waals surface area contributed by atoms with E-state index in [1.807, 2.05) is 0 Å². The minimum atomic E-state index is 0.747. The van der Waals surface area contributed by atoms with Gasteiger partial charge in [0.15, 0.2) is 0 Å². The van der Waals surface area contributed by atoms with E-state index in [9.17, 15) is 0 Å². The van der Waals surface area contributed by atoms with Crippen LogP contribution in [0, 0.1) is 0 Å². The Morgan fingerprint density at radius 3 is 1.29 bits per heavy atom. The van der Waals surface area contributed by atoms with Gasteiger partial charge in [0.25, 0.3) is 0 Å². The van der Waals surface area contributed by atoms with Gasteiger partial charge in [-0.2, -0.15) is 0 Å². The molecule has 4 heteroatoms. The molecule has 2 nitrogen and oxygen atoms in total. The molecule has 0 bridgehead atoms. The summed E-state index contributed by atoms with van der Waals surface area (Å²) in [5.41, 5.74) is 0. The van der Waals surface area contributed by atoms with E-state index in [2.05, 4.69) is 82.1 Å². The second-order valence-electron chi connectivity index (χ2n) is 9.27. The number of hydrogen-bond acceptors (Lipinski definition) is 2. The lowest BCUT2D eigenvalue weighted by atomic mass is 10.0. The van der Waals surface area contributed by atoms with Gasteiger partial charge < -0.3 is 9.47 Å². The Bertz CT molecular complexity index is 948. The molecule has 0 radical (unpaired) electrons. The average molecular weight is 592 g/mol. The molecule has 0 atom stereocenters. The standard InChI is InChI=1S/C30H40Br2O2/c1-3-5-7-9-11-13-19-33-29-25-17-15-24(32)22-28(25)30(26-18-16-23(31)21-27(26)29)34-20-14-12-10-8-6-4-2/h15-18,21-22H,3-14,19-20H2,1-2H3. The maximum Gasteiger partial charge on any atom is 0.135 e. The molecule has 3 aromatic rings. The molecular weight excluding hydrogens is 552 g/mol. The topological polar surface area (TPSA) is 18.5 Å². The van der Waals surface area contributed by atoms with E-state index < -0.39 is 0 Å². The van der Waals surface area contributed by atoms with Crippen LogP contribution >= 0.6 is 31.9 Å². The van der Waals surface area contributed by atoms with Crippen molar-refractivity contribution in [3.8, 4) is 11.5 Å². The Kier molecular flexibility index (Phi) is 12.0. The lowest BCUT2D eigenvalue weighted by molar-refractivity contribution is 0.306. The summed E-state index contributed by atoms with van der Waals surface area (Å²) < 4.78 is 15.1. The maximum absolute atomic E-state index is 6.48. The second-order valence-corrected chi connectivity index (χ2v) is 11.1. The van der Waals surface area contributed by atoms with Crippen LogP contribution in [-0.2, 0) is 0 Å². The normalized spacial score (nSPS) is 11.4. The van der Waals surface area contributed by atoms with E-state index in [-0.39, 0.29) is 0 Å². The fourth-order valence-corrected chi connectivity index (χ4v) is 5.24. The van der Waals surface area contributed by atoms with Gasteiger partial charge in [-0.1, -0.05) is 110 Å². The van der Waals surface area contributed by atoms with E-state index in [4.69, 9.17) is 9.47 Å². The summed E-state index contributed by atoms with van der Waals surface area (Å²) in [5, 5.41) is 4.48. The number of hydrogen-bond donors (Lipinski definition) is 0. The molecular formula is C30H40Br2O2. The zero-order chi connectivity index (χ0) is 24.2. The third-order valence-electron chi connectivity index (χ3n) is 6.43. The first-order valence-corrected chi connectivity index (χ1v) is 14.8. The zero-order valence-electron chi connectivity index (χ0n) is 20.9. The van der Waals surface area contributed by atoms with Crippen LogP contribution in [0.1, 0.15) is 90.9 Å². The van der Waals surface area contributed by atoms with E-state index in [0.717, 1.165) is 68.0 Å². The number of rotatable bonds is 16. The van der Waals surface area contributed by atoms with Crippen LogP contribution in [0.2, 0.25) is 0 Å². The van der Waals surface area contributed by atoms with Crippen molar-refractivity contribution in [3.63, 3.8) is 0 Å². The van der Waals surface area contributed by atoms with Gasteiger partial charge in [-0.25, -0.2) is 0 Å². The van der Waals surface area contributed by atoms with Gasteiger partial charge in [-0.15, -0.1) is 0 Å². The third-order valence-corrected chi connectivity index (χ3v) is 7.42. The number of benzene rings is 3. The summed E-state index contributed by atoms with van der Waals surface area (Å²) in [6.07, 6.45) is 15.1. The molecule has 34 heavy (non-hydrogen) atoms. The van der Waals surface area contributed by atoms with Crippen LogP contribution in [-0.4, -0.2) is 13.2 Å². The van der Waals surface area contributed by atoms with Crippen molar-refractivity contribution < 1.29 is 9.47 Å². The molecule has 3 rings (SSSR count). The fraction of sp³-hybridized carbons (Fsp3) is 0.533. The minimum Gasteiger partial charge on any atom is -0.492 e. The quantitative estimate of drug-likeness (QED) is 0.122. The van der Waals surface area contributed by atoms with Crippen LogP contribution in [0.4, 0.5) is 0 Å². The van der Waals surface area contributed by atoms with E-state index in [1.165, 1.54) is 64.2 Å². The largest absolute Gasteiger partial charge is 0.492 e. The highest BCUT2D eigenvalue weighted by molar-refractivity contribution is 9.10. The Morgan fingerprint density at radius 1 is 0.500 bits per heavy atom. The maximum atomic E-state index is 6.48. The van der Waals surface area contributed by atoms with Gasteiger partial charge in [-0.3, -0.25) is 0 Å². The van der Waals surface area contributed by atoms with Gasteiger partial charge in [0.2, 0.25) is 0 Å². The van der Waals surface area contributed by atoms with Crippen LogP contribution in [0.25, 0.3) is 21.5 Å². The molecule has 0 aliphatic rings. The van der Waals surface area contributed by atoms with Crippen LogP contribution in [0.5, 0.6) is 11.5 Å². The van der Waals surface area contributed by atoms with E-state index in [1.54, 1.807) is 0 Å². The van der Waals surface area contributed by atoms with Crippen molar-refractivity contribution >= 4 is 53.4 Å². The molecule has 0 amide bonds. The number of ether oxygens (including phenoxy) is 2. The SMILES string of the molecule is CCCCCCCCOc1c2ccc(Br)cc2c(OCCCCCCCC)c2ccc(Br)cc12. The van der Waals surface area contributed by atoms with Crippen LogP contribution < -0.4 is 9.47 Å². The first kappa shape index (κ1) is 27.3. The number of halogens is 2. The average Bonchev–Trinajstić information content (AvgIpc) is 2.83. The Labute approximate surface area is 223 Å². The lowest BCUT2D eigenvalue weighted by Gasteiger charge is -2.18. The molecule has 0 aliphatic heterocycles. The molecule has 0 saturated heterocycles. The fourth-order valence-electron chi connectivity index (χ4n) is 4.52. The van der Waals surface area contributed by atoms with Gasteiger partial charge in [0.05, 0.1) is 13.2 Å². The first-order valence-electron chi connectivity index (χ1n) is 13.3. The zero-order valence-corrected chi connectivity index (χ0v) is 24.1. The molecule has 0 aromatic heterocycles. The summed E-state index contributed by atoms with van der Waals surface area (Å²) in [7, 11) is 0. The third kappa shape index (κ3) is 7.88. The molecule has 3 aromatic carbocycles. The highest BCUT2D eigenvalue weighted by Crippen LogP contribution is 2.44. The molecule has 0 spiro atoms. The minimum absolute atomic E-state index is 0.747. The van der Waals surface area contributed by atoms with Crippen molar-refractivity contribution in [2.75, 3.05) is 13.2 Å². The number of fused-ring (bicyclic) bond motifs is 2.